The van der Waals surface area contributed by atoms with Crippen LogP contribution in [0, 0.1) is 6.07 Å². The number of methoxy groups -OCH3 is 1. The van der Waals surface area contributed by atoms with E-state index in [1.165, 1.54) is 7.11 Å². The molecule has 0 aromatic heterocycles. The molecule has 0 saturated heterocycles. The normalized spacial score (nSPS) is 18.6. The van der Waals surface area contributed by atoms with Crippen LogP contribution >= 0.6 is 0 Å². The molecule has 0 saturated carbocycles. The molecule has 16 heavy (non-hydrogen) atoms. The lowest BCUT2D eigenvalue weighted by molar-refractivity contribution is -0.124. The van der Waals surface area contributed by atoms with Gasteiger partial charge in [-0.05, 0) is 12.1 Å². The molecule has 0 bridgehead atoms. The molecular weight excluding hydrogens is 210 g/mol. The van der Waals surface area contributed by atoms with Crippen LogP contribution in [0.15, 0.2) is 12.1 Å². The van der Waals surface area contributed by atoms with Crippen LogP contribution in [-0.4, -0.2) is 24.9 Å². The number of fused-ring (bicyclic) bond motifs is 1. The van der Waals surface area contributed by atoms with Gasteiger partial charge in [0.05, 0.1) is 25.2 Å². The van der Waals surface area contributed by atoms with Crippen LogP contribution < -0.4 is 15.2 Å². The van der Waals surface area contributed by atoms with Crippen molar-refractivity contribution in [3.8, 4) is 11.5 Å². The number of hydrogen-bond acceptors (Lipinski definition) is 4. The summed E-state index contributed by atoms with van der Waals surface area (Å²) in [6.07, 6.45) is -0.939. The molecule has 83 valence electrons. The van der Waals surface area contributed by atoms with E-state index >= 15 is 0 Å². The van der Waals surface area contributed by atoms with Crippen molar-refractivity contribution >= 4 is 11.7 Å². The predicted molar refractivity (Wildman–Crippen MR) is 54.4 cm³/mol. The number of primary amides is 1. The lowest BCUT2D eigenvalue weighted by Gasteiger charge is -2.22. The number of amides is 1. The zero-order chi connectivity index (χ0) is 11.7. The Morgan fingerprint density at radius 2 is 2.38 bits per heavy atom. The number of benzene rings is 1. The average molecular weight is 220 g/mol. The SMILES string of the molecule is COc1[c]c2c(cc1)C(=O)CC(C(N)=O)O2. The summed E-state index contributed by atoms with van der Waals surface area (Å²) in [7, 11) is 1.48. The number of nitrogens with two attached hydrogens (primary N) is 1. The highest BCUT2D eigenvalue weighted by Crippen LogP contribution is 2.30. The molecule has 1 atom stereocenters. The van der Waals surface area contributed by atoms with E-state index in [0.717, 1.165) is 0 Å². The highest BCUT2D eigenvalue weighted by molar-refractivity contribution is 6.02. The van der Waals surface area contributed by atoms with Gasteiger partial charge in [0.2, 0.25) is 0 Å². The van der Waals surface area contributed by atoms with E-state index in [4.69, 9.17) is 15.2 Å². The van der Waals surface area contributed by atoms with Crippen molar-refractivity contribution in [3.63, 3.8) is 0 Å². The Kier molecular flexibility index (Phi) is 2.52. The van der Waals surface area contributed by atoms with Crippen LogP contribution in [0.3, 0.4) is 0 Å². The molecule has 0 aliphatic carbocycles. The molecule has 1 aliphatic heterocycles. The van der Waals surface area contributed by atoms with Crippen LogP contribution in [0.4, 0.5) is 0 Å². The molecule has 0 fully saturated rings. The summed E-state index contributed by atoms with van der Waals surface area (Å²) in [5, 5.41) is 0. The molecular formula is C11H10NO4. The molecule has 1 aliphatic rings. The van der Waals surface area contributed by atoms with Gasteiger partial charge >= 0.3 is 0 Å². The molecule has 1 aromatic rings. The maximum atomic E-state index is 11.7. The van der Waals surface area contributed by atoms with Gasteiger partial charge in [-0.2, -0.15) is 0 Å². The number of Topliss-reactive ketones (excluding diaryl/α,β-unsaturated/α-hetero) is 1. The number of hydrogen-bond donors (Lipinski definition) is 1. The van der Waals surface area contributed by atoms with Gasteiger partial charge in [-0.15, -0.1) is 0 Å². The van der Waals surface area contributed by atoms with E-state index in [1.807, 2.05) is 0 Å². The second kappa shape index (κ2) is 3.84. The van der Waals surface area contributed by atoms with E-state index in [9.17, 15) is 9.59 Å². The Labute approximate surface area is 92.1 Å². The first-order valence-electron chi connectivity index (χ1n) is 4.71. The minimum atomic E-state index is -0.914. The third kappa shape index (κ3) is 1.71. The largest absolute Gasteiger partial charge is 0.496 e. The monoisotopic (exact) mass is 220 g/mol. The first kappa shape index (κ1) is 10.5. The highest BCUT2D eigenvalue weighted by Gasteiger charge is 2.30. The summed E-state index contributed by atoms with van der Waals surface area (Å²) < 4.78 is 10.2. The Morgan fingerprint density at radius 3 is 3.00 bits per heavy atom. The molecule has 5 nitrogen and oxygen atoms in total. The first-order chi connectivity index (χ1) is 7.61. The van der Waals surface area contributed by atoms with Gasteiger partial charge in [0.1, 0.15) is 11.5 Å². The highest BCUT2D eigenvalue weighted by atomic mass is 16.5. The van der Waals surface area contributed by atoms with Gasteiger partial charge in [-0.3, -0.25) is 9.59 Å². The summed E-state index contributed by atoms with van der Waals surface area (Å²) in [4.78, 5) is 22.6. The Morgan fingerprint density at radius 1 is 1.62 bits per heavy atom. The molecule has 1 unspecified atom stereocenters. The second-order valence-electron chi connectivity index (χ2n) is 3.41. The zero-order valence-corrected chi connectivity index (χ0v) is 8.65. The van der Waals surface area contributed by atoms with Crippen molar-refractivity contribution in [1.29, 1.82) is 0 Å². The van der Waals surface area contributed by atoms with E-state index < -0.39 is 12.0 Å². The van der Waals surface area contributed by atoms with Gasteiger partial charge < -0.3 is 15.2 Å². The van der Waals surface area contributed by atoms with Crippen LogP contribution in [-0.2, 0) is 4.79 Å². The van der Waals surface area contributed by atoms with Crippen molar-refractivity contribution in [2.24, 2.45) is 5.73 Å². The maximum Gasteiger partial charge on any atom is 0.258 e. The summed E-state index contributed by atoms with van der Waals surface area (Å²) in [6.45, 7) is 0. The van der Waals surface area contributed by atoms with E-state index in [0.29, 0.717) is 11.3 Å². The molecule has 1 radical (unpaired) electrons. The predicted octanol–water partition coefficient (Wildman–Crippen LogP) is 0.314. The van der Waals surface area contributed by atoms with Gasteiger partial charge in [-0.25, -0.2) is 0 Å². The summed E-state index contributed by atoms with van der Waals surface area (Å²) in [6, 6.07) is 5.96. The fourth-order valence-corrected chi connectivity index (χ4v) is 1.51. The van der Waals surface area contributed by atoms with Crippen molar-refractivity contribution in [3.05, 3.63) is 23.8 Å². The van der Waals surface area contributed by atoms with E-state index in [-0.39, 0.29) is 18.0 Å². The van der Waals surface area contributed by atoms with Crippen molar-refractivity contribution in [1.82, 2.24) is 0 Å². The molecule has 0 spiro atoms. The number of ether oxygens (including phenoxy) is 2. The quantitative estimate of drug-likeness (QED) is 0.778. The molecule has 1 amide bonds. The third-order valence-electron chi connectivity index (χ3n) is 2.35. The average Bonchev–Trinajstić information content (AvgIpc) is 2.28. The minimum absolute atomic E-state index is 0.0253. The van der Waals surface area contributed by atoms with Crippen LogP contribution in [0.2, 0.25) is 0 Å². The lowest BCUT2D eigenvalue weighted by atomic mass is 10.0. The molecule has 5 heteroatoms. The first-order valence-corrected chi connectivity index (χ1v) is 4.71. The lowest BCUT2D eigenvalue weighted by Crippen LogP contribution is -2.38. The fraction of sp³-hybridized carbons (Fsp3) is 0.273. The smallest absolute Gasteiger partial charge is 0.258 e. The van der Waals surface area contributed by atoms with Gasteiger partial charge in [0.15, 0.2) is 11.9 Å². The Balaban J connectivity index is 2.39. The minimum Gasteiger partial charge on any atom is -0.496 e. The van der Waals surface area contributed by atoms with Crippen LogP contribution in [0.5, 0.6) is 11.5 Å². The van der Waals surface area contributed by atoms with Crippen molar-refractivity contribution in [2.75, 3.05) is 7.11 Å². The topological polar surface area (TPSA) is 78.6 Å². The number of carbonyl (C=O) groups is 2. The van der Waals surface area contributed by atoms with Gasteiger partial charge in [0, 0.05) is 0 Å². The number of carbonyl (C=O) groups excluding carboxylic acids is 2. The van der Waals surface area contributed by atoms with Crippen LogP contribution in [0.25, 0.3) is 0 Å². The summed E-state index contributed by atoms with van der Waals surface area (Å²) in [5.74, 6) is -0.171. The second-order valence-corrected chi connectivity index (χ2v) is 3.41. The fourth-order valence-electron chi connectivity index (χ4n) is 1.51. The summed E-state index contributed by atoms with van der Waals surface area (Å²) >= 11 is 0. The standard InChI is InChI=1S/C11H10NO4/c1-15-6-2-3-7-8(13)5-10(11(12)14)16-9(7)4-6/h2-3,10H,5H2,1H3,(H2,12,14). The molecule has 1 heterocycles. The van der Waals surface area contributed by atoms with Crippen molar-refractivity contribution < 1.29 is 19.1 Å². The van der Waals surface area contributed by atoms with Crippen molar-refractivity contribution in [2.45, 2.75) is 12.5 Å². The molecule has 2 rings (SSSR count). The Bertz CT molecular complexity index is 455. The van der Waals surface area contributed by atoms with Gasteiger partial charge in [-0.1, -0.05) is 0 Å². The maximum absolute atomic E-state index is 11.7. The third-order valence-corrected chi connectivity index (χ3v) is 2.35. The Hall–Kier alpha value is -2.04. The number of ketones is 1. The number of rotatable bonds is 2. The van der Waals surface area contributed by atoms with E-state index in [1.54, 1.807) is 12.1 Å². The zero-order valence-electron chi connectivity index (χ0n) is 8.65. The summed E-state index contributed by atoms with van der Waals surface area (Å²) in [5.41, 5.74) is 5.50. The molecule has 2 N–H and O–H groups in total. The van der Waals surface area contributed by atoms with E-state index in [2.05, 4.69) is 6.07 Å². The van der Waals surface area contributed by atoms with Crippen LogP contribution in [0.1, 0.15) is 16.8 Å². The molecule has 1 aromatic carbocycles. The van der Waals surface area contributed by atoms with Gasteiger partial charge in [0.25, 0.3) is 5.91 Å².